The third-order valence-corrected chi connectivity index (χ3v) is 7.52. The molecule has 0 amide bonds. The maximum Gasteiger partial charge on any atom is 0.341 e. The summed E-state index contributed by atoms with van der Waals surface area (Å²) in [4.78, 5) is 15.5. The molecule has 1 heterocycles. The van der Waals surface area contributed by atoms with E-state index in [-0.39, 0.29) is 0 Å². The number of nitrogens with two attached hydrogens (primary N) is 1. The van der Waals surface area contributed by atoms with Gasteiger partial charge < -0.3 is 20.3 Å². The van der Waals surface area contributed by atoms with Crippen molar-refractivity contribution < 1.29 is 19.4 Å². The second-order valence-corrected chi connectivity index (χ2v) is 10.9. The van der Waals surface area contributed by atoms with Gasteiger partial charge in [-0.1, -0.05) is 61.8 Å². The number of carbonyl (C=O) groups is 1. The largest absolute Gasteiger partial charge is 0.489 e. The number of ether oxygens (including phenoxy) is 2. The van der Waals surface area contributed by atoms with E-state index in [1.54, 1.807) is 18.2 Å². The summed E-state index contributed by atoms with van der Waals surface area (Å²) in [6, 6.07) is 21.6. The van der Waals surface area contributed by atoms with E-state index in [1.165, 1.54) is 12.8 Å². The van der Waals surface area contributed by atoms with Gasteiger partial charge in [-0.05, 0) is 105 Å². The van der Waals surface area contributed by atoms with Crippen molar-refractivity contribution in [2.75, 3.05) is 58.2 Å². The number of nitrogen functional groups attached to an aromatic ring is 1. The van der Waals surface area contributed by atoms with E-state index in [9.17, 15) is 4.79 Å². The van der Waals surface area contributed by atoms with Crippen LogP contribution in [0.4, 0.5) is 5.69 Å². The standard InChI is InChI=1S/C38H43N3O4/c1-3-22-40(4-2)25-7-9-30-11-15-32(16-12-30)35(21-27-44-34-19-20-37(36(39)28-34)45-29-38(42)43)33-17-13-31(14-18-33)10-8-26-41-23-5-6-24-41/h11-21,28H,3-6,22-27,29,39H2,1-2H3,(H,42,43)/b35-21-. The van der Waals surface area contributed by atoms with Crippen molar-refractivity contribution in [1.82, 2.24) is 9.80 Å². The number of benzene rings is 3. The highest BCUT2D eigenvalue weighted by Gasteiger charge is 2.10. The molecule has 1 fully saturated rings. The number of hydrogen-bond acceptors (Lipinski definition) is 6. The molecule has 0 bridgehead atoms. The first-order valence-electron chi connectivity index (χ1n) is 15.7. The van der Waals surface area contributed by atoms with Crippen LogP contribution in [0.25, 0.3) is 5.57 Å². The molecular formula is C38H43N3O4. The van der Waals surface area contributed by atoms with Crippen LogP contribution in [0.2, 0.25) is 0 Å². The van der Waals surface area contributed by atoms with Gasteiger partial charge in [0.2, 0.25) is 0 Å². The van der Waals surface area contributed by atoms with Crippen molar-refractivity contribution in [3.05, 3.63) is 95.1 Å². The van der Waals surface area contributed by atoms with Crippen LogP contribution in [-0.4, -0.2) is 73.4 Å². The number of rotatable bonds is 13. The van der Waals surface area contributed by atoms with Crippen molar-refractivity contribution in [3.63, 3.8) is 0 Å². The van der Waals surface area contributed by atoms with Gasteiger partial charge in [-0.3, -0.25) is 9.80 Å². The first-order valence-corrected chi connectivity index (χ1v) is 15.7. The molecule has 1 aliphatic heterocycles. The van der Waals surface area contributed by atoms with Crippen molar-refractivity contribution in [2.24, 2.45) is 0 Å². The topological polar surface area (TPSA) is 88.3 Å². The summed E-state index contributed by atoms with van der Waals surface area (Å²) in [5.41, 5.74) is 11.5. The van der Waals surface area contributed by atoms with Crippen molar-refractivity contribution in [2.45, 2.75) is 33.1 Å². The Morgan fingerprint density at radius 3 is 2.16 bits per heavy atom. The Labute approximate surface area is 267 Å². The number of aliphatic carboxylic acids is 1. The molecule has 4 rings (SSSR count). The lowest BCUT2D eigenvalue weighted by Gasteiger charge is -2.15. The van der Waals surface area contributed by atoms with E-state index < -0.39 is 12.6 Å². The summed E-state index contributed by atoms with van der Waals surface area (Å²) in [6.45, 7) is 10.1. The van der Waals surface area contributed by atoms with E-state index >= 15 is 0 Å². The van der Waals surface area contributed by atoms with Gasteiger partial charge in [-0.15, -0.1) is 0 Å². The molecule has 0 radical (unpaired) electrons. The molecule has 0 unspecified atom stereocenters. The molecule has 234 valence electrons. The van der Waals surface area contributed by atoms with Crippen LogP contribution in [0, 0.1) is 23.7 Å². The molecular weight excluding hydrogens is 562 g/mol. The smallest absolute Gasteiger partial charge is 0.341 e. The highest BCUT2D eigenvalue weighted by Crippen LogP contribution is 2.28. The number of nitrogens with zero attached hydrogens (tertiary/aromatic N) is 2. The summed E-state index contributed by atoms with van der Waals surface area (Å²) in [6.07, 6.45) is 5.69. The minimum absolute atomic E-state index is 0.299. The molecule has 7 nitrogen and oxygen atoms in total. The van der Waals surface area contributed by atoms with Gasteiger partial charge in [0.25, 0.3) is 0 Å². The van der Waals surface area contributed by atoms with Gasteiger partial charge in [-0.25, -0.2) is 4.79 Å². The molecule has 7 heteroatoms. The number of carboxylic acids is 1. The number of likely N-dealkylation sites (tertiary alicyclic amines) is 1. The van der Waals surface area contributed by atoms with Crippen molar-refractivity contribution in [1.29, 1.82) is 0 Å². The lowest BCUT2D eigenvalue weighted by Crippen LogP contribution is -2.24. The second-order valence-electron chi connectivity index (χ2n) is 10.9. The minimum atomic E-state index is -1.07. The summed E-state index contributed by atoms with van der Waals surface area (Å²) in [5, 5.41) is 8.86. The third-order valence-electron chi connectivity index (χ3n) is 7.52. The lowest BCUT2D eigenvalue weighted by molar-refractivity contribution is -0.139. The Bertz CT molecular complexity index is 1550. The zero-order valence-corrected chi connectivity index (χ0v) is 26.4. The first kappa shape index (κ1) is 33.2. The Morgan fingerprint density at radius 2 is 1.58 bits per heavy atom. The normalized spacial score (nSPS) is 13.1. The molecule has 0 atom stereocenters. The zero-order valence-electron chi connectivity index (χ0n) is 26.4. The summed E-state index contributed by atoms with van der Waals surface area (Å²) >= 11 is 0. The van der Waals surface area contributed by atoms with Crippen LogP contribution < -0.4 is 15.2 Å². The van der Waals surface area contributed by atoms with Gasteiger partial charge >= 0.3 is 5.97 Å². The fourth-order valence-electron chi connectivity index (χ4n) is 5.09. The molecule has 0 saturated carbocycles. The fraction of sp³-hybridized carbons (Fsp3) is 0.342. The highest BCUT2D eigenvalue weighted by molar-refractivity contribution is 5.80. The summed E-state index contributed by atoms with van der Waals surface area (Å²) < 4.78 is 11.2. The fourth-order valence-corrected chi connectivity index (χ4v) is 5.09. The molecule has 3 aromatic rings. The van der Waals surface area contributed by atoms with Gasteiger partial charge in [-0.2, -0.15) is 0 Å². The van der Waals surface area contributed by atoms with Gasteiger partial charge in [0.05, 0.1) is 18.8 Å². The summed E-state index contributed by atoms with van der Waals surface area (Å²) in [5.74, 6) is 13.0. The van der Waals surface area contributed by atoms with Crippen molar-refractivity contribution >= 4 is 17.2 Å². The van der Waals surface area contributed by atoms with E-state index in [2.05, 4.69) is 95.9 Å². The number of carboxylic acid groups (broad SMARTS) is 1. The predicted molar refractivity (Wildman–Crippen MR) is 181 cm³/mol. The number of anilines is 1. The maximum absolute atomic E-state index is 10.8. The van der Waals surface area contributed by atoms with E-state index in [0.717, 1.165) is 73.5 Å². The summed E-state index contributed by atoms with van der Waals surface area (Å²) in [7, 11) is 0. The predicted octanol–water partition coefficient (Wildman–Crippen LogP) is 5.77. The molecule has 1 aliphatic rings. The third kappa shape index (κ3) is 10.8. The zero-order chi connectivity index (χ0) is 31.9. The Balaban J connectivity index is 1.50. The molecule has 45 heavy (non-hydrogen) atoms. The Kier molecular flexibility index (Phi) is 13.0. The van der Waals surface area contributed by atoms with Crippen LogP contribution in [0.15, 0.2) is 72.8 Å². The minimum Gasteiger partial charge on any atom is -0.489 e. The van der Waals surface area contributed by atoms with Crippen LogP contribution >= 0.6 is 0 Å². The van der Waals surface area contributed by atoms with Crippen LogP contribution in [0.5, 0.6) is 11.5 Å². The van der Waals surface area contributed by atoms with E-state index in [1.807, 2.05) is 6.08 Å². The Hall–Kier alpha value is -4.69. The Morgan fingerprint density at radius 1 is 0.933 bits per heavy atom. The van der Waals surface area contributed by atoms with Crippen LogP contribution in [0.3, 0.4) is 0 Å². The second kappa shape index (κ2) is 17.6. The van der Waals surface area contributed by atoms with Crippen LogP contribution in [0.1, 0.15) is 55.4 Å². The van der Waals surface area contributed by atoms with Crippen molar-refractivity contribution in [3.8, 4) is 35.2 Å². The molecule has 0 aliphatic carbocycles. The average Bonchev–Trinajstić information content (AvgIpc) is 3.57. The highest BCUT2D eigenvalue weighted by atomic mass is 16.5. The monoisotopic (exact) mass is 605 g/mol. The van der Waals surface area contributed by atoms with Crippen LogP contribution in [-0.2, 0) is 4.79 Å². The number of hydrogen-bond donors (Lipinski definition) is 2. The average molecular weight is 606 g/mol. The SMILES string of the molecule is CCCN(CC)CC#Cc1ccc(/C(=C/COc2ccc(OCC(=O)O)c(N)c2)c2ccc(C#CCN3CCCC3)cc2)cc1. The lowest BCUT2D eigenvalue weighted by atomic mass is 9.96. The maximum atomic E-state index is 10.8. The molecule has 0 aromatic heterocycles. The molecule has 3 N–H and O–H groups in total. The van der Waals surface area contributed by atoms with Gasteiger partial charge in [0, 0.05) is 17.2 Å². The molecule has 0 spiro atoms. The molecule has 3 aromatic carbocycles. The van der Waals surface area contributed by atoms with E-state index in [0.29, 0.717) is 23.8 Å². The van der Waals surface area contributed by atoms with Gasteiger partial charge in [0.15, 0.2) is 6.61 Å². The quantitative estimate of drug-likeness (QED) is 0.189. The first-order chi connectivity index (χ1) is 21.9. The van der Waals surface area contributed by atoms with Gasteiger partial charge in [0.1, 0.15) is 18.1 Å². The van der Waals surface area contributed by atoms with E-state index in [4.69, 9.17) is 20.3 Å². The molecule has 1 saturated heterocycles.